The van der Waals surface area contributed by atoms with Crippen LogP contribution in [-0.4, -0.2) is 52.8 Å². The summed E-state index contributed by atoms with van der Waals surface area (Å²) in [7, 11) is 0. The Morgan fingerprint density at radius 2 is 1.55 bits per heavy atom. The van der Waals surface area contributed by atoms with Crippen molar-refractivity contribution in [1.29, 1.82) is 0 Å². The predicted molar refractivity (Wildman–Crippen MR) is 112 cm³/mol. The summed E-state index contributed by atoms with van der Waals surface area (Å²) < 4.78 is 0. The average Bonchev–Trinajstić information content (AvgIpc) is 3.25. The number of aromatic amines is 1. The van der Waals surface area contributed by atoms with E-state index in [0.29, 0.717) is 24.3 Å². The third kappa shape index (κ3) is 4.38. The lowest BCUT2D eigenvalue weighted by atomic mass is 10.1. The molecule has 0 bridgehead atoms. The fraction of sp³-hybridized carbons (Fsp3) is 0.217. The molecule has 148 valence electrons. The number of amides is 2. The Balaban J connectivity index is 1.33. The maximum absolute atomic E-state index is 12.8. The zero-order valence-corrected chi connectivity index (χ0v) is 16.2. The number of primary amides is 1. The van der Waals surface area contributed by atoms with Crippen molar-refractivity contribution in [3.63, 3.8) is 0 Å². The molecule has 1 aliphatic heterocycles. The third-order valence-electron chi connectivity index (χ3n) is 5.31. The summed E-state index contributed by atoms with van der Waals surface area (Å²) in [5.41, 5.74) is 9.58. The van der Waals surface area contributed by atoms with Gasteiger partial charge in [0.2, 0.25) is 5.91 Å². The van der Waals surface area contributed by atoms with Crippen molar-refractivity contribution in [1.82, 2.24) is 14.8 Å². The fourth-order valence-corrected chi connectivity index (χ4v) is 3.62. The monoisotopic (exact) mass is 388 g/mol. The standard InChI is InChI=1S/C23H24N4O2/c24-22(28)19-8-6-17(7-9-19)16-26-12-14-27(15-13-26)23(29)21-11-10-20(25-21)18-4-2-1-3-5-18/h1-11,25H,12-16H2,(H2,24,28). The van der Waals surface area contributed by atoms with E-state index >= 15 is 0 Å². The lowest BCUT2D eigenvalue weighted by molar-refractivity contribution is 0.0623. The highest BCUT2D eigenvalue weighted by Gasteiger charge is 2.23. The van der Waals surface area contributed by atoms with Crippen LogP contribution < -0.4 is 5.73 Å². The van der Waals surface area contributed by atoms with Crippen LogP contribution in [-0.2, 0) is 6.54 Å². The Hall–Kier alpha value is -3.38. The Kier molecular flexibility index (Phi) is 5.44. The van der Waals surface area contributed by atoms with Gasteiger partial charge in [-0.15, -0.1) is 0 Å². The molecule has 6 heteroatoms. The van der Waals surface area contributed by atoms with Gasteiger partial charge in [0, 0.05) is 44.0 Å². The maximum Gasteiger partial charge on any atom is 0.270 e. The molecule has 2 aromatic carbocycles. The second-order valence-corrected chi connectivity index (χ2v) is 7.28. The van der Waals surface area contributed by atoms with Gasteiger partial charge in [-0.05, 0) is 35.4 Å². The van der Waals surface area contributed by atoms with Crippen LogP contribution in [0.1, 0.15) is 26.4 Å². The van der Waals surface area contributed by atoms with Gasteiger partial charge < -0.3 is 15.6 Å². The normalized spacial score (nSPS) is 14.7. The number of aromatic nitrogens is 1. The third-order valence-corrected chi connectivity index (χ3v) is 5.31. The Labute approximate surface area is 169 Å². The van der Waals surface area contributed by atoms with Gasteiger partial charge in [0.15, 0.2) is 0 Å². The van der Waals surface area contributed by atoms with Crippen LogP contribution in [0.25, 0.3) is 11.3 Å². The number of nitrogens with one attached hydrogen (secondary N) is 1. The number of nitrogens with two attached hydrogens (primary N) is 1. The number of nitrogens with zero attached hydrogens (tertiary/aromatic N) is 2. The first-order chi connectivity index (χ1) is 14.1. The van der Waals surface area contributed by atoms with E-state index in [1.54, 1.807) is 12.1 Å². The van der Waals surface area contributed by atoms with E-state index in [1.165, 1.54) is 0 Å². The molecule has 0 radical (unpaired) electrons. The molecule has 0 saturated carbocycles. The summed E-state index contributed by atoms with van der Waals surface area (Å²) in [6.45, 7) is 3.81. The molecule has 3 aromatic rings. The van der Waals surface area contributed by atoms with Crippen LogP contribution in [0.4, 0.5) is 0 Å². The number of hydrogen-bond acceptors (Lipinski definition) is 3. The number of rotatable bonds is 5. The van der Waals surface area contributed by atoms with Gasteiger partial charge in [-0.2, -0.15) is 0 Å². The molecular weight excluding hydrogens is 364 g/mol. The van der Waals surface area contributed by atoms with Crippen LogP contribution in [0.15, 0.2) is 66.7 Å². The van der Waals surface area contributed by atoms with Crippen LogP contribution in [0, 0.1) is 0 Å². The molecule has 3 N–H and O–H groups in total. The van der Waals surface area contributed by atoms with Crippen molar-refractivity contribution in [3.05, 3.63) is 83.6 Å². The minimum atomic E-state index is -0.414. The molecule has 29 heavy (non-hydrogen) atoms. The molecule has 0 unspecified atom stereocenters. The smallest absolute Gasteiger partial charge is 0.270 e. The Morgan fingerprint density at radius 3 is 2.21 bits per heavy atom. The molecular formula is C23H24N4O2. The van der Waals surface area contributed by atoms with Crippen molar-refractivity contribution >= 4 is 11.8 Å². The molecule has 2 amide bonds. The number of piperazine rings is 1. The minimum absolute atomic E-state index is 0.0395. The van der Waals surface area contributed by atoms with Crippen molar-refractivity contribution in [3.8, 4) is 11.3 Å². The van der Waals surface area contributed by atoms with Gasteiger partial charge in [0.05, 0.1) is 0 Å². The average molecular weight is 388 g/mol. The number of carbonyl (C=O) groups is 2. The van der Waals surface area contributed by atoms with Crippen LogP contribution in [0.5, 0.6) is 0 Å². The molecule has 1 aromatic heterocycles. The highest BCUT2D eigenvalue weighted by Crippen LogP contribution is 2.19. The molecule has 1 aliphatic rings. The second-order valence-electron chi connectivity index (χ2n) is 7.28. The number of carbonyl (C=O) groups excluding carboxylic acids is 2. The predicted octanol–water partition coefficient (Wildman–Crippen LogP) is 2.74. The van der Waals surface area contributed by atoms with E-state index in [4.69, 9.17) is 5.73 Å². The van der Waals surface area contributed by atoms with Crippen molar-refractivity contribution < 1.29 is 9.59 Å². The van der Waals surface area contributed by atoms with E-state index in [2.05, 4.69) is 9.88 Å². The van der Waals surface area contributed by atoms with Gasteiger partial charge in [0.25, 0.3) is 5.91 Å². The molecule has 0 aliphatic carbocycles. The summed E-state index contributed by atoms with van der Waals surface area (Å²) in [5, 5.41) is 0. The lowest BCUT2D eigenvalue weighted by Gasteiger charge is -2.34. The molecule has 1 saturated heterocycles. The lowest BCUT2D eigenvalue weighted by Crippen LogP contribution is -2.48. The fourth-order valence-electron chi connectivity index (χ4n) is 3.62. The van der Waals surface area contributed by atoms with Gasteiger partial charge >= 0.3 is 0 Å². The van der Waals surface area contributed by atoms with Gasteiger partial charge in [-0.1, -0.05) is 42.5 Å². The summed E-state index contributed by atoms with van der Waals surface area (Å²) in [6, 6.07) is 21.2. The molecule has 0 spiro atoms. The zero-order chi connectivity index (χ0) is 20.2. The van der Waals surface area contributed by atoms with Gasteiger partial charge in [-0.3, -0.25) is 14.5 Å². The maximum atomic E-state index is 12.8. The highest BCUT2D eigenvalue weighted by molar-refractivity contribution is 5.93. The first-order valence-electron chi connectivity index (χ1n) is 9.75. The highest BCUT2D eigenvalue weighted by atomic mass is 16.2. The topological polar surface area (TPSA) is 82.4 Å². The summed E-state index contributed by atoms with van der Waals surface area (Å²) in [6.07, 6.45) is 0. The van der Waals surface area contributed by atoms with E-state index in [9.17, 15) is 9.59 Å². The van der Waals surface area contributed by atoms with Crippen LogP contribution >= 0.6 is 0 Å². The quantitative estimate of drug-likeness (QED) is 0.705. The van der Waals surface area contributed by atoms with Gasteiger partial charge in [0.1, 0.15) is 5.69 Å². The van der Waals surface area contributed by atoms with E-state index in [0.717, 1.165) is 36.5 Å². The first-order valence-corrected chi connectivity index (χ1v) is 9.75. The first kappa shape index (κ1) is 19.0. The summed E-state index contributed by atoms with van der Waals surface area (Å²) >= 11 is 0. The molecule has 1 fully saturated rings. The molecule has 0 atom stereocenters. The SMILES string of the molecule is NC(=O)c1ccc(CN2CCN(C(=O)c3ccc(-c4ccccc4)[nH]3)CC2)cc1. The Morgan fingerprint density at radius 1 is 0.862 bits per heavy atom. The number of benzene rings is 2. The Bertz CT molecular complexity index is 987. The molecule has 4 rings (SSSR count). The van der Waals surface area contributed by atoms with Gasteiger partial charge in [-0.25, -0.2) is 0 Å². The largest absolute Gasteiger partial charge is 0.366 e. The van der Waals surface area contributed by atoms with Crippen LogP contribution in [0.2, 0.25) is 0 Å². The van der Waals surface area contributed by atoms with E-state index in [1.807, 2.05) is 59.5 Å². The van der Waals surface area contributed by atoms with Crippen molar-refractivity contribution in [2.45, 2.75) is 6.54 Å². The summed E-state index contributed by atoms with van der Waals surface area (Å²) in [4.78, 5) is 31.5. The van der Waals surface area contributed by atoms with Crippen LogP contribution in [0.3, 0.4) is 0 Å². The molecule has 2 heterocycles. The van der Waals surface area contributed by atoms with E-state index in [-0.39, 0.29) is 5.91 Å². The second kappa shape index (κ2) is 8.32. The summed E-state index contributed by atoms with van der Waals surface area (Å²) in [5.74, 6) is -0.374. The van der Waals surface area contributed by atoms with E-state index < -0.39 is 5.91 Å². The molecule has 6 nitrogen and oxygen atoms in total. The van der Waals surface area contributed by atoms with Crippen molar-refractivity contribution in [2.24, 2.45) is 5.73 Å². The number of hydrogen-bond donors (Lipinski definition) is 2. The number of H-pyrrole nitrogens is 1. The van der Waals surface area contributed by atoms with Crippen molar-refractivity contribution in [2.75, 3.05) is 26.2 Å². The zero-order valence-electron chi connectivity index (χ0n) is 16.2. The minimum Gasteiger partial charge on any atom is -0.366 e.